The van der Waals surface area contributed by atoms with E-state index in [1.54, 1.807) is 11.3 Å². The number of rotatable bonds is 6. The Labute approximate surface area is 204 Å². The van der Waals surface area contributed by atoms with Crippen LogP contribution in [0, 0.1) is 5.41 Å². The van der Waals surface area contributed by atoms with Gasteiger partial charge in [0.15, 0.2) is 0 Å². The number of carbonyl (C=O) groups excluding carboxylic acids is 1. The summed E-state index contributed by atoms with van der Waals surface area (Å²) in [5, 5.41) is 11.2. The molecule has 8 heteroatoms. The molecule has 0 radical (unpaired) electrons. The predicted octanol–water partition coefficient (Wildman–Crippen LogP) is 3.36. The number of morpholine rings is 1. The number of hydrogen-bond acceptors (Lipinski definition) is 7. The SMILES string of the molecule is CC1(C)[C@@H]2COC[C@H]1N2[C@H]1CC[C@H](Oc2ccnc3sc4c(c23)[C@@H](C[C@H](O)C(N)=O)CC4)CC1. The lowest BCUT2D eigenvalue weighted by molar-refractivity contribution is -0.235. The van der Waals surface area contributed by atoms with Crippen molar-refractivity contribution in [3.05, 3.63) is 22.7 Å². The highest BCUT2D eigenvalue weighted by molar-refractivity contribution is 7.19. The Bertz CT molecular complexity index is 1080. The van der Waals surface area contributed by atoms with Gasteiger partial charge in [-0.2, -0.15) is 0 Å². The van der Waals surface area contributed by atoms with Gasteiger partial charge in [0.05, 0.1) is 24.7 Å². The van der Waals surface area contributed by atoms with Crippen LogP contribution in [0.4, 0.5) is 0 Å². The van der Waals surface area contributed by atoms with Gasteiger partial charge >= 0.3 is 0 Å². The summed E-state index contributed by atoms with van der Waals surface area (Å²) in [5.41, 5.74) is 6.92. The molecule has 0 aromatic carbocycles. The largest absolute Gasteiger partial charge is 0.490 e. The molecule has 2 aromatic heterocycles. The van der Waals surface area contributed by atoms with Gasteiger partial charge in [-0.1, -0.05) is 13.8 Å². The first-order chi connectivity index (χ1) is 16.3. The zero-order valence-corrected chi connectivity index (χ0v) is 20.9. The Hall–Kier alpha value is -1.74. The lowest BCUT2D eigenvalue weighted by atomic mass is 9.64. The molecule has 0 spiro atoms. The molecule has 2 aliphatic heterocycles. The number of primary amides is 1. The number of aliphatic hydroxyl groups excluding tert-OH is 1. The summed E-state index contributed by atoms with van der Waals surface area (Å²) in [7, 11) is 0. The molecule has 6 rings (SSSR count). The fourth-order valence-electron chi connectivity index (χ4n) is 7.02. The Morgan fingerprint density at radius 1 is 1.29 bits per heavy atom. The molecule has 4 heterocycles. The van der Waals surface area contributed by atoms with Crippen molar-refractivity contribution < 1.29 is 19.4 Å². The van der Waals surface area contributed by atoms with Gasteiger partial charge in [-0.05, 0) is 62.5 Å². The molecule has 1 saturated carbocycles. The van der Waals surface area contributed by atoms with Crippen molar-refractivity contribution in [1.29, 1.82) is 0 Å². The number of ether oxygens (including phenoxy) is 2. The number of nitrogens with zero attached hydrogens (tertiary/aromatic N) is 2. The van der Waals surface area contributed by atoms with Crippen LogP contribution in [0.3, 0.4) is 0 Å². The van der Waals surface area contributed by atoms with E-state index >= 15 is 0 Å². The van der Waals surface area contributed by atoms with E-state index in [2.05, 4.69) is 23.7 Å². The van der Waals surface area contributed by atoms with E-state index in [-0.39, 0.29) is 12.0 Å². The molecular weight excluding hydrogens is 450 g/mol. The lowest BCUT2D eigenvalue weighted by Gasteiger charge is -2.67. The first kappa shape index (κ1) is 22.7. The predicted molar refractivity (Wildman–Crippen MR) is 131 cm³/mol. The third-order valence-electron chi connectivity index (χ3n) is 8.98. The van der Waals surface area contributed by atoms with Gasteiger partial charge in [0, 0.05) is 34.6 Å². The zero-order valence-electron chi connectivity index (χ0n) is 20.0. The summed E-state index contributed by atoms with van der Waals surface area (Å²) in [5.74, 6) is 0.368. The molecule has 7 nitrogen and oxygen atoms in total. The summed E-state index contributed by atoms with van der Waals surface area (Å²) >= 11 is 1.72. The molecule has 4 atom stereocenters. The highest BCUT2D eigenvalue weighted by atomic mass is 32.1. The maximum absolute atomic E-state index is 11.5. The van der Waals surface area contributed by atoms with Gasteiger partial charge in [0.25, 0.3) is 0 Å². The topological polar surface area (TPSA) is 97.9 Å². The quantitative estimate of drug-likeness (QED) is 0.651. The first-order valence-corrected chi connectivity index (χ1v) is 13.6. The van der Waals surface area contributed by atoms with Crippen molar-refractivity contribution in [2.75, 3.05) is 13.2 Å². The van der Waals surface area contributed by atoms with Crippen LogP contribution in [-0.2, 0) is 16.0 Å². The Balaban J connectivity index is 1.17. The maximum atomic E-state index is 11.5. The van der Waals surface area contributed by atoms with Crippen LogP contribution in [0.15, 0.2) is 12.3 Å². The third-order valence-corrected chi connectivity index (χ3v) is 10.2. The average molecular weight is 486 g/mol. The minimum atomic E-state index is -1.11. The minimum absolute atomic E-state index is 0.116. The molecule has 2 aromatic rings. The van der Waals surface area contributed by atoms with Gasteiger partial charge in [-0.15, -0.1) is 11.3 Å². The van der Waals surface area contributed by atoms with Crippen molar-refractivity contribution in [3.63, 3.8) is 0 Å². The Morgan fingerprint density at radius 3 is 2.71 bits per heavy atom. The van der Waals surface area contributed by atoms with Gasteiger partial charge in [0.2, 0.25) is 5.91 Å². The van der Waals surface area contributed by atoms with E-state index < -0.39 is 12.0 Å². The van der Waals surface area contributed by atoms with Crippen LogP contribution < -0.4 is 10.5 Å². The molecule has 3 N–H and O–H groups in total. The van der Waals surface area contributed by atoms with E-state index in [4.69, 9.17) is 15.2 Å². The van der Waals surface area contributed by atoms with Crippen LogP contribution in [0.1, 0.15) is 68.7 Å². The number of likely N-dealkylation sites (tertiary alicyclic amines) is 1. The molecule has 2 bridgehead atoms. The van der Waals surface area contributed by atoms with E-state index in [0.29, 0.717) is 30.0 Å². The fourth-order valence-corrected chi connectivity index (χ4v) is 8.28. The molecule has 2 aliphatic carbocycles. The number of fused-ring (bicyclic) bond motifs is 5. The van der Waals surface area contributed by atoms with Crippen LogP contribution in [0.2, 0.25) is 0 Å². The molecule has 4 aliphatic rings. The Kier molecular flexibility index (Phi) is 5.63. The van der Waals surface area contributed by atoms with Crippen molar-refractivity contribution in [2.24, 2.45) is 11.1 Å². The summed E-state index contributed by atoms with van der Waals surface area (Å²) in [6.07, 6.45) is 7.63. The number of nitrogens with two attached hydrogens (primary N) is 1. The number of aromatic nitrogens is 1. The van der Waals surface area contributed by atoms with Crippen molar-refractivity contribution in [1.82, 2.24) is 9.88 Å². The van der Waals surface area contributed by atoms with Gasteiger partial charge in [0.1, 0.15) is 16.7 Å². The minimum Gasteiger partial charge on any atom is -0.490 e. The molecule has 3 fully saturated rings. The fraction of sp³-hybridized carbons (Fsp3) is 0.692. The molecule has 34 heavy (non-hydrogen) atoms. The van der Waals surface area contributed by atoms with E-state index in [0.717, 1.165) is 67.7 Å². The highest BCUT2D eigenvalue weighted by Gasteiger charge is 2.59. The van der Waals surface area contributed by atoms with E-state index in [1.807, 2.05) is 12.3 Å². The molecule has 184 valence electrons. The lowest BCUT2D eigenvalue weighted by Crippen LogP contribution is -2.77. The van der Waals surface area contributed by atoms with Gasteiger partial charge < -0.3 is 20.3 Å². The number of amides is 1. The summed E-state index contributed by atoms with van der Waals surface area (Å²) in [6.45, 7) is 6.51. The van der Waals surface area contributed by atoms with Gasteiger partial charge in [-0.3, -0.25) is 9.69 Å². The smallest absolute Gasteiger partial charge is 0.246 e. The maximum Gasteiger partial charge on any atom is 0.246 e. The molecule has 0 unspecified atom stereocenters. The van der Waals surface area contributed by atoms with Crippen LogP contribution >= 0.6 is 11.3 Å². The van der Waals surface area contributed by atoms with Crippen LogP contribution in [0.5, 0.6) is 5.75 Å². The van der Waals surface area contributed by atoms with Crippen LogP contribution in [-0.4, -0.2) is 64.4 Å². The number of thiophene rings is 1. The third kappa shape index (κ3) is 3.56. The van der Waals surface area contributed by atoms with Crippen molar-refractivity contribution in [2.45, 2.75) is 95.0 Å². The summed E-state index contributed by atoms with van der Waals surface area (Å²) in [6, 6.07) is 3.72. The first-order valence-electron chi connectivity index (χ1n) is 12.7. The van der Waals surface area contributed by atoms with Crippen molar-refractivity contribution in [3.8, 4) is 5.75 Å². The monoisotopic (exact) mass is 485 g/mol. The number of pyridine rings is 1. The number of hydrogen-bond donors (Lipinski definition) is 2. The zero-order chi connectivity index (χ0) is 23.6. The second kappa shape index (κ2) is 8.43. The van der Waals surface area contributed by atoms with Gasteiger partial charge in [-0.25, -0.2) is 4.98 Å². The molecule has 2 saturated heterocycles. The Morgan fingerprint density at radius 2 is 2.03 bits per heavy atom. The number of aryl methyl sites for hydroxylation is 1. The highest BCUT2D eigenvalue weighted by Crippen LogP contribution is 2.51. The molecular formula is C26H35N3O4S. The second-order valence-corrected chi connectivity index (χ2v) is 12.3. The summed E-state index contributed by atoms with van der Waals surface area (Å²) < 4.78 is 12.4. The van der Waals surface area contributed by atoms with Crippen LogP contribution in [0.25, 0.3) is 10.2 Å². The van der Waals surface area contributed by atoms with E-state index in [1.165, 1.54) is 10.4 Å². The average Bonchev–Trinajstić information content (AvgIpc) is 3.39. The number of aliphatic hydroxyl groups is 1. The van der Waals surface area contributed by atoms with Crippen molar-refractivity contribution >= 4 is 27.5 Å². The second-order valence-electron chi connectivity index (χ2n) is 11.2. The molecule has 1 amide bonds. The number of carbonyl (C=O) groups is 1. The summed E-state index contributed by atoms with van der Waals surface area (Å²) in [4.78, 5) is 21.1. The normalized spacial score (nSPS) is 33.3. The standard InChI is InChI=1S/C26H35N3O4S/c1-26(2)20-12-32-13-21(26)29(20)15-4-6-16(7-5-15)33-18-9-10-28-25-23(18)22-14(3-8-19(22)34-25)11-17(30)24(27)31/h9-10,14-17,20-21,30H,3-8,11-13H2,1-2H3,(H2,27,31)/t14-,15-,16-,17+,20-,21+/m1/s1. The van der Waals surface area contributed by atoms with E-state index in [9.17, 15) is 9.90 Å².